The third kappa shape index (κ3) is 3.40. The molecule has 0 aliphatic heterocycles. The molecule has 4 saturated carbocycles. The predicted octanol–water partition coefficient (Wildman–Crippen LogP) is 7.47. The molecule has 1 N–H and O–H groups in total. The summed E-state index contributed by atoms with van der Waals surface area (Å²) in [6, 6.07) is 0. The fourth-order valence-electron chi connectivity index (χ4n) is 9.38. The molecule has 0 aromatic heterocycles. The number of fused-ring (bicyclic) bond motifs is 5. The minimum Gasteiger partial charge on any atom is -0.393 e. The summed E-state index contributed by atoms with van der Waals surface area (Å²) in [7, 11) is 0. The van der Waals surface area contributed by atoms with E-state index in [2.05, 4.69) is 34.6 Å². The second-order valence-electron chi connectivity index (χ2n) is 12.6. The molecule has 0 aromatic carbocycles. The number of hydrogen-bond acceptors (Lipinski definition) is 1. The lowest BCUT2D eigenvalue weighted by Crippen LogP contribution is -2.57. The van der Waals surface area contributed by atoms with Gasteiger partial charge in [0, 0.05) is 0 Å². The molecule has 9 atom stereocenters. The highest BCUT2D eigenvalue weighted by atomic mass is 16.3. The topological polar surface area (TPSA) is 20.2 Å². The highest BCUT2D eigenvalue weighted by Crippen LogP contribution is 2.68. The summed E-state index contributed by atoms with van der Waals surface area (Å²) in [6.45, 7) is 12.6. The van der Waals surface area contributed by atoms with Crippen LogP contribution in [0.2, 0.25) is 0 Å². The molecule has 162 valence electrons. The Labute approximate surface area is 175 Å². The third-order valence-electron chi connectivity index (χ3n) is 10.8. The van der Waals surface area contributed by atoms with Gasteiger partial charge in [-0.3, -0.25) is 0 Å². The zero-order valence-corrected chi connectivity index (χ0v) is 19.6. The van der Waals surface area contributed by atoms with E-state index in [0.29, 0.717) is 16.7 Å². The van der Waals surface area contributed by atoms with Crippen molar-refractivity contribution >= 4 is 0 Å². The molecule has 4 aliphatic rings. The molecule has 4 rings (SSSR count). The van der Waals surface area contributed by atoms with Crippen LogP contribution in [0.3, 0.4) is 0 Å². The quantitative estimate of drug-likeness (QED) is 0.518. The lowest BCUT2D eigenvalue weighted by Gasteiger charge is -2.62. The van der Waals surface area contributed by atoms with Crippen LogP contribution in [0.4, 0.5) is 0 Å². The second-order valence-corrected chi connectivity index (χ2v) is 12.6. The molecule has 1 unspecified atom stereocenters. The molecule has 28 heavy (non-hydrogen) atoms. The fraction of sp³-hybridized carbons (Fsp3) is 1.00. The first-order chi connectivity index (χ1) is 13.3. The lowest BCUT2D eigenvalue weighted by molar-refractivity contribution is -0.159. The average molecular weight is 389 g/mol. The highest BCUT2D eigenvalue weighted by Gasteiger charge is 2.61. The largest absolute Gasteiger partial charge is 0.393 e. The van der Waals surface area contributed by atoms with Crippen molar-refractivity contribution in [3.8, 4) is 0 Å². The van der Waals surface area contributed by atoms with Crippen molar-refractivity contribution in [1.82, 2.24) is 0 Å². The van der Waals surface area contributed by atoms with Crippen LogP contribution in [-0.4, -0.2) is 11.2 Å². The van der Waals surface area contributed by atoms with Crippen LogP contribution in [0.25, 0.3) is 0 Å². The Morgan fingerprint density at radius 1 is 0.821 bits per heavy atom. The van der Waals surface area contributed by atoms with Crippen LogP contribution in [0.5, 0.6) is 0 Å². The normalized spacial score (nSPS) is 49.4. The van der Waals surface area contributed by atoms with Gasteiger partial charge in [-0.25, -0.2) is 0 Å². The van der Waals surface area contributed by atoms with E-state index in [-0.39, 0.29) is 6.10 Å². The van der Waals surface area contributed by atoms with Crippen molar-refractivity contribution in [3.63, 3.8) is 0 Å². The van der Waals surface area contributed by atoms with Crippen LogP contribution in [0, 0.1) is 52.3 Å². The first-order valence-electron chi connectivity index (χ1n) is 13.0. The molecule has 1 nitrogen and oxygen atoms in total. The Morgan fingerprint density at radius 3 is 2.32 bits per heavy atom. The first kappa shape index (κ1) is 21.2. The van der Waals surface area contributed by atoms with Gasteiger partial charge in [-0.1, -0.05) is 66.7 Å². The van der Waals surface area contributed by atoms with Gasteiger partial charge in [-0.2, -0.15) is 0 Å². The number of rotatable bonds is 5. The maximum absolute atomic E-state index is 11.2. The predicted molar refractivity (Wildman–Crippen MR) is 119 cm³/mol. The van der Waals surface area contributed by atoms with Crippen molar-refractivity contribution < 1.29 is 5.11 Å². The van der Waals surface area contributed by atoms with Crippen LogP contribution < -0.4 is 0 Å². The second kappa shape index (κ2) is 7.90. The molecule has 1 heteroatoms. The molecule has 0 aromatic rings. The van der Waals surface area contributed by atoms with E-state index in [9.17, 15) is 5.11 Å². The zero-order valence-electron chi connectivity index (χ0n) is 19.6. The number of hydrogen-bond donors (Lipinski definition) is 1. The molecule has 0 bridgehead atoms. The minimum atomic E-state index is -0.0172. The van der Waals surface area contributed by atoms with E-state index >= 15 is 0 Å². The SMILES string of the molecule is CC(C)CCC[C@H](C)[C@@H]1CC[C@H]2[C@H]3CC(O)[C@@H]4CCCC[C@@]4(C)[C@H]3CC[C@@]21C. The van der Waals surface area contributed by atoms with Gasteiger partial charge in [0.25, 0.3) is 0 Å². The Morgan fingerprint density at radius 2 is 1.57 bits per heavy atom. The van der Waals surface area contributed by atoms with Gasteiger partial charge in [-0.05, 0) is 97.2 Å². The summed E-state index contributed by atoms with van der Waals surface area (Å²) in [4.78, 5) is 0. The zero-order chi connectivity index (χ0) is 20.1. The Kier molecular flexibility index (Phi) is 5.98. The van der Waals surface area contributed by atoms with Gasteiger partial charge in [0.05, 0.1) is 6.10 Å². The molecule has 0 spiro atoms. The standard InChI is InChI=1S/C27H48O/c1-18(2)9-8-10-19(3)21-12-13-22-20-17-25(28)24-11-6-7-15-26(24,4)23(20)14-16-27(21,22)5/h18-25,28H,6-17H2,1-5H3/t19-,20+,21-,22-,23-,24-,25?,26-,27+/m0/s1. The highest BCUT2D eigenvalue weighted by molar-refractivity contribution is 5.10. The minimum absolute atomic E-state index is 0.0172. The Hall–Kier alpha value is -0.0400. The van der Waals surface area contributed by atoms with Gasteiger partial charge in [0.2, 0.25) is 0 Å². The van der Waals surface area contributed by atoms with E-state index in [4.69, 9.17) is 0 Å². The molecular formula is C27H48O. The van der Waals surface area contributed by atoms with Crippen molar-refractivity contribution in [1.29, 1.82) is 0 Å². The van der Waals surface area contributed by atoms with Crippen molar-refractivity contribution in [3.05, 3.63) is 0 Å². The summed E-state index contributed by atoms with van der Waals surface area (Å²) >= 11 is 0. The summed E-state index contributed by atoms with van der Waals surface area (Å²) < 4.78 is 0. The molecule has 0 radical (unpaired) electrons. The molecule has 0 saturated heterocycles. The summed E-state index contributed by atoms with van der Waals surface area (Å²) in [5.41, 5.74) is 0.985. The molecule has 4 fully saturated rings. The molecule has 0 amide bonds. The van der Waals surface area contributed by atoms with Gasteiger partial charge in [-0.15, -0.1) is 0 Å². The van der Waals surface area contributed by atoms with Gasteiger partial charge >= 0.3 is 0 Å². The summed E-state index contributed by atoms with van der Waals surface area (Å²) in [5.74, 6) is 5.85. The molecule has 4 aliphatic carbocycles. The Balaban J connectivity index is 1.49. The monoisotopic (exact) mass is 388 g/mol. The average Bonchev–Trinajstić information content (AvgIpc) is 2.99. The fourth-order valence-corrected chi connectivity index (χ4v) is 9.38. The van der Waals surface area contributed by atoms with Gasteiger partial charge in [0.1, 0.15) is 0 Å². The smallest absolute Gasteiger partial charge is 0.0576 e. The van der Waals surface area contributed by atoms with Crippen LogP contribution >= 0.6 is 0 Å². The maximum Gasteiger partial charge on any atom is 0.0576 e. The number of aliphatic hydroxyl groups is 1. The van der Waals surface area contributed by atoms with E-state index in [1.165, 1.54) is 70.6 Å². The summed E-state index contributed by atoms with van der Waals surface area (Å²) in [5, 5.41) is 11.2. The van der Waals surface area contributed by atoms with Gasteiger partial charge in [0.15, 0.2) is 0 Å². The van der Waals surface area contributed by atoms with Crippen LogP contribution in [0.1, 0.15) is 112 Å². The van der Waals surface area contributed by atoms with Crippen LogP contribution in [-0.2, 0) is 0 Å². The van der Waals surface area contributed by atoms with E-state index in [1.54, 1.807) is 0 Å². The van der Waals surface area contributed by atoms with Crippen molar-refractivity contribution in [2.24, 2.45) is 52.3 Å². The van der Waals surface area contributed by atoms with Crippen molar-refractivity contribution in [2.75, 3.05) is 0 Å². The third-order valence-corrected chi connectivity index (χ3v) is 10.8. The molecular weight excluding hydrogens is 340 g/mol. The van der Waals surface area contributed by atoms with Crippen molar-refractivity contribution in [2.45, 2.75) is 118 Å². The van der Waals surface area contributed by atoms with E-state index in [0.717, 1.165) is 41.9 Å². The van der Waals surface area contributed by atoms with E-state index < -0.39 is 0 Å². The molecule has 0 heterocycles. The summed E-state index contributed by atoms with van der Waals surface area (Å²) in [6.07, 6.45) is 16.6. The maximum atomic E-state index is 11.2. The van der Waals surface area contributed by atoms with E-state index in [1.807, 2.05) is 0 Å². The first-order valence-corrected chi connectivity index (χ1v) is 13.0. The number of aliphatic hydroxyl groups excluding tert-OH is 1. The Bertz CT molecular complexity index is 540. The van der Waals surface area contributed by atoms with Gasteiger partial charge < -0.3 is 5.11 Å². The lowest BCUT2D eigenvalue weighted by atomic mass is 9.44. The van der Waals surface area contributed by atoms with Crippen LogP contribution in [0.15, 0.2) is 0 Å².